The van der Waals surface area contributed by atoms with Crippen LogP contribution in [0.15, 0.2) is 21.6 Å². The highest BCUT2D eigenvalue weighted by atomic mass is 16.5. The van der Waals surface area contributed by atoms with Crippen molar-refractivity contribution in [2.75, 3.05) is 31.1 Å². The van der Waals surface area contributed by atoms with Crippen LogP contribution < -0.4 is 10.5 Å². The van der Waals surface area contributed by atoms with E-state index in [-0.39, 0.29) is 17.7 Å². The lowest BCUT2D eigenvalue weighted by Gasteiger charge is -2.33. The molecule has 2 saturated heterocycles. The molecule has 4 rings (SSSR count). The van der Waals surface area contributed by atoms with Gasteiger partial charge in [-0.2, -0.15) is 10.1 Å². The molecule has 1 atom stereocenters. The first-order valence-corrected chi connectivity index (χ1v) is 11.0. The fraction of sp³-hybridized carbons (Fsp3) is 0.714. The van der Waals surface area contributed by atoms with Crippen LogP contribution in [0.25, 0.3) is 0 Å². The van der Waals surface area contributed by atoms with Gasteiger partial charge in [-0.05, 0) is 38.1 Å². The van der Waals surface area contributed by atoms with Crippen molar-refractivity contribution in [2.45, 2.75) is 64.6 Å². The van der Waals surface area contributed by atoms with Crippen LogP contribution in [0.5, 0.6) is 0 Å². The number of piperidine rings is 2. The van der Waals surface area contributed by atoms with E-state index in [2.05, 4.69) is 38.9 Å². The number of aliphatic hydroxyl groups is 1. The van der Waals surface area contributed by atoms with E-state index in [0.717, 1.165) is 64.0 Å². The van der Waals surface area contributed by atoms with Crippen LogP contribution >= 0.6 is 0 Å². The van der Waals surface area contributed by atoms with Gasteiger partial charge in [-0.15, -0.1) is 0 Å². The van der Waals surface area contributed by atoms with E-state index >= 15 is 0 Å². The number of hydrogen-bond donors (Lipinski definition) is 1. The maximum Gasteiger partial charge on any atom is 0.269 e. The number of nitrogens with zero attached hydrogens (tertiary/aromatic N) is 6. The summed E-state index contributed by atoms with van der Waals surface area (Å²) in [5, 5.41) is 18.3. The molecule has 1 unspecified atom stereocenters. The fourth-order valence-corrected chi connectivity index (χ4v) is 4.34. The molecule has 9 nitrogen and oxygen atoms in total. The Labute approximate surface area is 176 Å². The van der Waals surface area contributed by atoms with Gasteiger partial charge in [0.15, 0.2) is 5.82 Å². The summed E-state index contributed by atoms with van der Waals surface area (Å²) in [6.07, 6.45) is 5.74. The van der Waals surface area contributed by atoms with Gasteiger partial charge in [-0.25, -0.2) is 4.68 Å². The molecule has 164 valence electrons. The average molecular weight is 417 g/mol. The van der Waals surface area contributed by atoms with Gasteiger partial charge < -0.3 is 14.5 Å². The number of hydrogen-bond acceptors (Lipinski definition) is 8. The summed E-state index contributed by atoms with van der Waals surface area (Å²) in [6.45, 7) is 8.10. The van der Waals surface area contributed by atoms with Gasteiger partial charge in [0.1, 0.15) is 0 Å². The highest BCUT2D eigenvalue weighted by Gasteiger charge is 2.25. The Kier molecular flexibility index (Phi) is 6.48. The van der Waals surface area contributed by atoms with E-state index in [0.29, 0.717) is 24.2 Å². The zero-order chi connectivity index (χ0) is 21.1. The van der Waals surface area contributed by atoms with Crippen molar-refractivity contribution >= 4 is 5.69 Å². The molecule has 0 amide bonds. The van der Waals surface area contributed by atoms with Crippen LogP contribution in [-0.4, -0.2) is 62.2 Å². The Morgan fingerprint density at radius 3 is 2.77 bits per heavy atom. The normalized spacial score (nSPS) is 21.5. The van der Waals surface area contributed by atoms with Gasteiger partial charge in [-0.3, -0.25) is 9.69 Å². The van der Waals surface area contributed by atoms with E-state index in [1.54, 1.807) is 16.9 Å². The minimum absolute atomic E-state index is 0.0468. The largest absolute Gasteiger partial charge is 0.393 e. The van der Waals surface area contributed by atoms with E-state index in [9.17, 15) is 9.90 Å². The first-order valence-electron chi connectivity index (χ1n) is 11.0. The van der Waals surface area contributed by atoms with E-state index in [1.165, 1.54) is 0 Å². The van der Waals surface area contributed by atoms with Crippen molar-refractivity contribution in [3.8, 4) is 0 Å². The Hall–Kier alpha value is -2.26. The molecule has 2 aromatic rings. The van der Waals surface area contributed by atoms with E-state index in [4.69, 9.17) is 4.52 Å². The number of aliphatic hydroxyl groups excluding tert-OH is 1. The van der Waals surface area contributed by atoms with Crippen LogP contribution in [0.4, 0.5) is 5.69 Å². The lowest BCUT2D eigenvalue weighted by molar-refractivity contribution is 0.145. The molecule has 2 aliphatic heterocycles. The predicted molar refractivity (Wildman–Crippen MR) is 112 cm³/mol. The molecular formula is C21H32N6O3. The van der Waals surface area contributed by atoms with Crippen molar-refractivity contribution < 1.29 is 9.63 Å². The molecule has 0 aliphatic carbocycles. The van der Waals surface area contributed by atoms with Crippen molar-refractivity contribution in [3.63, 3.8) is 0 Å². The summed E-state index contributed by atoms with van der Waals surface area (Å²) < 4.78 is 6.97. The van der Waals surface area contributed by atoms with Gasteiger partial charge in [0.25, 0.3) is 5.56 Å². The number of likely N-dealkylation sites (tertiary alicyclic amines) is 1. The highest BCUT2D eigenvalue weighted by Crippen LogP contribution is 2.22. The monoisotopic (exact) mass is 416 g/mol. The Morgan fingerprint density at radius 2 is 2.03 bits per heavy atom. The molecule has 0 bridgehead atoms. The minimum Gasteiger partial charge on any atom is -0.393 e. The Morgan fingerprint density at radius 1 is 1.23 bits per heavy atom. The molecule has 30 heavy (non-hydrogen) atoms. The second-order valence-corrected chi connectivity index (χ2v) is 8.95. The Bertz CT molecular complexity index is 887. The van der Waals surface area contributed by atoms with Crippen molar-refractivity contribution in [2.24, 2.45) is 5.92 Å². The first kappa shape index (κ1) is 21.0. The quantitative estimate of drug-likeness (QED) is 0.758. The van der Waals surface area contributed by atoms with Gasteiger partial charge in [0, 0.05) is 32.1 Å². The molecule has 9 heteroatoms. The first-order chi connectivity index (χ1) is 14.5. The summed E-state index contributed by atoms with van der Waals surface area (Å²) in [5.41, 5.74) is 0.782. The van der Waals surface area contributed by atoms with Crippen LogP contribution in [-0.2, 0) is 13.0 Å². The third kappa shape index (κ3) is 5.07. The SMILES string of the molecule is CC(C)Cc1nc(CN2CCCC(n3ncc(N4CCC(O)CC4)cc3=O)C2)no1. The molecule has 0 saturated carbocycles. The predicted octanol–water partition coefficient (Wildman–Crippen LogP) is 1.62. The van der Waals surface area contributed by atoms with Crippen molar-refractivity contribution in [1.82, 2.24) is 24.8 Å². The summed E-state index contributed by atoms with van der Waals surface area (Å²) in [7, 11) is 0. The summed E-state index contributed by atoms with van der Waals surface area (Å²) >= 11 is 0. The van der Waals surface area contributed by atoms with Crippen LogP contribution in [0.3, 0.4) is 0 Å². The summed E-state index contributed by atoms with van der Waals surface area (Å²) in [6, 6.07) is 1.73. The van der Waals surface area contributed by atoms with Crippen LogP contribution in [0.1, 0.15) is 57.3 Å². The lowest BCUT2D eigenvalue weighted by Crippen LogP contribution is -2.41. The molecule has 2 fully saturated rings. The molecule has 2 aliphatic rings. The van der Waals surface area contributed by atoms with Crippen molar-refractivity contribution in [1.29, 1.82) is 0 Å². The molecule has 4 heterocycles. The van der Waals surface area contributed by atoms with Gasteiger partial charge >= 0.3 is 0 Å². The fourth-order valence-electron chi connectivity index (χ4n) is 4.34. The molecular weight excluding hydrogens is 384 g/mol. The van der Waals surface area contributed by atoms with Crippen molar-refractivity contribution in [3.05, 3.63) is 34.3 Å². The molecule has 0 aromatic carbocycles. The summed E-state index contributed by atoms with van der Waals surface area (Å²) in [5.74, 6) is 1.87. The topological polar surface area (TPSA) is 101 Å². The maximum atomic E-state index is 12.8. The number of anilines is 1. The third-order valence-electron chi connectivity index (χ3n) is 5.93. The number of aromatic nitrogens is 4. The molecule has 0 radical (unpaired) electrons. The van der Waals surface area contributed by atoms with Crippen LogP contribution in [0.2, 0.25) is 0 Å². The lowest BCUT2D eigenvalue weighted by atomic mass is 10.1. The van der Waals surface area contributed by atoms with Gasteiger partial charge in [0.05, 0.1) is 30.6 Å². The summed E-state index contributed by atoms with van der Waals surface area (Å²) in [4.78, 5) is 21.7. The van der Waals surface area contributed by atoms with E-state index in [1.807, 2.05) is 0 Å². The standard InChI is InChI=1S/C21H32N6O3/c1-15(2)10-20-23-19(24-30-20)14-25-7-3-4-16(13-25)27-21(29)11-17(12-22-27)26-8-5-18(28)6-9-26/h11-12,15-16,18,28H,3-10,13-14H2,1-2H3. The van der Waals surface area contributed by atoms with E-state index < -0.39 is 0 Å². The Balaban J connectivity index is 1.39. The maximum absolute atomic E-state index is 12.8. The van der Waals surface area contributed by atoms with Crippen LogP contribution in [0, 0.1) is 5.92 Å². The molecule has 1 N–H and O–H groups in total. The minimum atomic E-state index is -0.233. The second kappa shape index (κ2) is 9.26. The van der Waals surface area contributed by atoms with Gasteiger partial charge in [0.2, 0.25) is 5.89 Å². The smallest absolute Gasteiger partial charge is 0.269 e. The second-order valence-electron chi connectivity index (χ2n) is 8.95. The van der Waals surface area contributed by atoms with Gasteiger partial charge in [-0.1, -0.05) is 19.0 Å². The molecule has 0 spiro atoms. The molecule has 2 aromatic heterocycles. The number of rotatable bonds is 6. The highest BCUT2D eigenvalue weighted by molar-refractivity contribution is 5.43. The average Bonchev–Trinajstić information content (AvgIpc) is 3.14. The zero-order valence-corrected chi connectivity index (χ0v) is 17.9. The third-order valence-corrected chi connectivity index (χ3v) is 5.93. The zero-order valence-electron chi connectivity index (χ0n) is 17.9.